The summed E-state index contributed by atoms with van der Waals surface area (Å²) in [6.45, 7) is 5.49. The Morgan fingerprint density at radius 2 is 1.67 bits per heavy atom. The van der Waals surface area contributed by atoms with E-state index in [1.807, 2.05) is 5.32 Å². The number of nitrogens with zero attached hydrogens (tertiary/aromatic N) is 1. The lowest BCUT2D eigenvalue weighted by atomic mass is 10.1. The number of carbonyl (C=O) groups is 2. The number of amides is 2. The number of alkyl halides is 3. The van der Waals surface area contributed by atoms with E-state index in [2.05, 4.69) is 10.1 Å². The summed E-state index contributed by atoms with van der Waals surface area (Å²) in [5.74, 6) is -3.79. The van der Waals surface area contributed by atoms with Crippen molar-refractivity contribution in [2.24, 2.45) is 0 Å². The molecule has 3 N–H and O–H groups in total. The minimum atomic E-state index is -4.89. The smallest absolute Gasteiger partial charge is 0.427 e. The van der Waals surface area contributed by atoms with Gasteiger partial charge in [0, 0.05) is 24.7 Å². The Bertz CT molecular complexity index is 1330. The number of rotatable bonds is 9. The van der Waals surface area contributed by atoms with Gasteiger partial charge in [0.25, 0.3) is 10.0 Å². The highest BCUT2D eigenvalue weighted by Gasteiger charge is 2.51. The first-order chi connectivity index (χ1) is 17.8. The molecule has 2 aromatic carbocycles. The first kappa shape index (κ1) is 31.6. The van der Waals surface area contributed by atoms with Crippen LogP contribution in [0.25, 0.3) is 0 Å². The molecule has 39 heavy (non-hydrogen) atoms. The molecule has 15 heteroatoms. The molecule has 2 atom stereocenters. The van der Waals surface area contributed by atoms with Crippen molar-refractivity contribution in [1.29, 1.82) is 0 Å². The van der Waals surface area contributed by atoms with E-state index in [9.17, 15) is 45.1 Å². The Morgan fingerprint density at radius 1 is 1.05 bits per heavy atom. The van der Waals surface area contributed by atoms with Crippen LogP contribution in [0.4, 0.5) is 38.1 Å². The van der Waals surface area contributed by atoms with Crippen LogP contribution < -0.4 is 14.9 Å². The summed E-state index contributed by atoms with van der Waals surface area (Å²) in [5.41, 5.74) is -3.55. The molecule has 0 heterocycles. The van der Waals surface area contributed by atoms with Crippen LogP contribution in [-0.4, -0.2) is 49.4 Å². The number of nitrogens with one attached hydrogen (secondary N) is 2. The zero-order chi connectivity index (χ0) is 29.9. The van der Waals surface area contributed by atoms with Crippen LogP contribution in [0.5, 0.6) is 5.75 Å². The molecule has 2 rings (SSSR count). The SMILES string of the molecule is CC(=O)NC(C)C[C@@H](C)N(c1cc(NC(=O)OC(C)(C)C(F)(F)F)ccc1O)S(=O)(=O)c1ccc(F)c(F)c1. The normalized spacial score (nSPS) is 13.8. The van der Waals surface area contributed by atoms with E-state index < -0.39 is 73.9 Å². The maximum Gasteiger partial charge on any atom is 0.427 e. The molecule has 216 valence electrons. The van der Waals surface area contributed by atoms with Gasteiger partial charge in [0.1, 0.15) is 5.75 Å². The summed E-state index contributed by atoms with van der Waals surface area (Å²) in [7, 11) is -4.72. The zero-order valence-electron chi connectivity index (χ0n) is 21.6. The highest BCUT2D eigenvalue weighted by Crippen LogP contribution is 2.38. The number of phenolic OH excluding ortho intramolecular Hbond substituents is 1. The molecule has 0 aliphatic rings. The molecule has 0 radical (unpaired) electrons. The second kappa shape index (κ2) is 11.6. The van der Waals surface area contributed by atoms with Crippen LogP contribution in [0.3, 0.4) is 0 Å². The van der Waals surface area contributed by atoms with E-state index in [0.29, 0.717) is 30.3 Å². The average molecular weight is 582 g/mol. The van der Waals surface area contributed by atoms with Crippen LogP contribution in [0.1, 0.15) is 41.0 Å². The number of carbonyl (C=O) groups excluding carboxylic acids is 2. The van der Waals surface area contributed by atoms with Crippen molar-refractivity contribution in [3.63, 3.8) is 0 Å². The number of sulfonamides is 1. The average Bonchev–Trinajstić information content (AvgIpc) is 2.75. The second-order valence-corrected chi connectivity index (χ2v) is 11.1. The molecule has 0 saturated carbocycles. The van der Waals surface area contributed by atoms with Crippen molar-refractivity contribution in [2.75, 3.05) is 9.62 Å². The van der Waals surface area contributed by atoms with Gasteiger partial charge in [0.2, 0.25) is 11.5 Å². The second-order valence-electron chi connectivity index (χ2n) is 9.29. The number of hydrogen-bond donors (Lipinski definition) is 3. The number of anilines is 2. The molecule has 0 fully saturated rings. The molecule has 2 aromatic rings. The van der Waals surface area contributed by atoms with E-state index in [-0.39, 0.29) is 12.1 Å². The first-order valence-corrected chi connectivity index (χ1v) is 12.9. The lowest BCUT2D eigenvalue weighted by molar-refractivity contribution is -0.242. The maximum atomic E-state index is 13.9. The minimum Gasteiger partial charge on any atom is -0.506 e. The number of ether oxygens (including phenoxy) is 1. The number of halogens is 5. The molecule has 0 bridgehead atoms. The molecule has 0 aromatic heterocycles. The molecule has 0 aliphatic carbocycles. The third kappa shape index (κ3) is 7.71. The Balaban J connectivity index is 2.56. The molecule has 0 spiro atoms. The predicted molar refractivity (Wildman–Crippen MR) is 132 cm³/mol. The van der Waals surface area contributed by atoms with Gasteiger partial charge in [-0.3, -0.25) is 14.4 Å². The largest absolute Gasteiger partial charge is 0.506 e. The highest BCUT2D eigenvalue weighted by atomic mass is 32.2. The Hall–Kier alpha value is -3.62. The van der Waals surface area contributed by atoms with Crippen molar-refractivity contribution in [2.45, 2.75) is 69.8 Å². The van der Waals surface area contributed by atoms with Gasteiger partial charge in [0.15, 0.2) is 11.6 Å². The third-order valence-corrected chi connectivity index (χ3v) is 7.41. The lowest BCUT2D eigenvalue weighted by Gasteiger charge is -2.33. The number of phenols is 1. The topological polar surface area (TPSA) is 125 Å². The standard InChI is InChI=1S/C24H28F5N3O6S/c1-13(30-15(3)33)10-14(2)32(39(36,37)17-7-8-18(25)19(26)12-17)20-11-16(6-9-21(20)34)31-22(35)38-23(4,5)24(27,28)29/h6-9,11-14,34H,10H2,1-5H3,(H,30,33)(H,31,35)/t13?,14-/m1/s1. The quantitative estimate of drug-likeness (QED) is 0.281. The van der Waals surface area contributed by atoms with Crippen molar-refractivity contribution < 1.29 is 49.8 Å². The van der Waals surface area contributed by atoms with Gasteiger partial charge in [-0.25, -0.2) is 22.0 Å². The molecular formula is C24H28F5N3O6S. The summed E-state index contributed by atoms with van der Waals surface area (Å²) in [5, 5.41) is 15.2. The monoisotopic (exact) mass is 581 g/mol. The Kier molecular flexibility index (Phi) is 9.43. The molecule has 1 unspecified atom stereocenters. The lowest BCUT2D eigenvalue weighted by Crippen LogP contribution is -2.44. The van der Waals surface area contributed by atoms with Gasteiger partial charge in [-0.15, -0.1) is 0 Å². The molecule has 0 aliphatic heterocycles. The molecule has 9 nitrogen and oxygen atoms in total. The molecular weight excluding hydrogens is 553 g/mol. The fourth-order valence-electron chi connectivity index (χ4n) is 3.58. The molecule has 2 amide bonds. The van der Waals surface area contributed by atoms with Gasteiger partial charge in [-0.05, 0) is 70.5 Å². The van der Waals surface area contributed by atoms with Crippen LogP contribution in [0.2, 0.25) is 0 Å². The summed E-state index contributed by atoms with van der Waals surface area (Å²) in [4.78, 5) is 22.9. The van der Waals surface area contributed by atoms with Crippen LogP contribution >= 0.6 is 0 Å². The van der Waals surface area contributed by atoms with Gasteiger partial charge in [-0.1, -0.05) is 0 Å². The van der Waals surface area contributed by atoms with Gasteiger partial charge in [0.05, 0.1) is 10.6 Å². The zero-order valence-corrected chi connectivity index (χ0v) is 22.4. The predicted octanol–water partition coefficient (Wildman–Crippen LogP) is 5.06. The first-order valence-electron chi connectivity index (χ1n) is 11.4. The van der Waals surface area contributed by atoms with Gasteiger partial charge in [-0.2, -0.15) is 13.2 Å². The van der Waals surface area contributed by atoms with Crippen molar-refractivity contribution >= 4 is 33.4 Å². The summed E-state index contributed by atoms with van der Waals surface area (Å²) in [6.07, 6.45) is -6.43. The van der Waals surface area contributed by atoms with E-state index in [1.54, 1.807) is 6.92 Å². The van der Waals surface area contributed by atoms with E-state index in [1.165, 1.54) is 13.8 Å². The maximum absolute atomic E-state index is 13.9. The Morgan fingerprint density at radius 3 is 2.21 bits per heavy atom. The van der Waals surface area contributed by atoms with Crippen LogP contribution in [-0.2, 0) is 19.6 Å². The highest BCUT2D eigenvalue weighted by molar-refractivity contribution is 7.92. The third-order valence-electron chi connectivity index (χ3n) is 5.48. The van der Waals surface area contributed by atoms with Gasteiger partial charge >= 0.3 is 12.3 Å². The van der Waals surface area contributed by atoms with Gasteiger partial charge < -0.3 is 15.2 Å². The van der Waals surface area contributed by atoms with Crippen molar-refractivity contribution in [1.82, 2.24) is 5.32 Å². The Labute approximate surface area is 222 Å². The van der Waals surface area contributed by atoms with E-state index in [0.717, 1.165) is 24.3 Å². The van der Waals surface area contributed by atoms with Crippen LogP contribution in [0, 0.1) is 11.6 Å². The number of aromatic hydroxyl groups is 1. The van der Waals surface area contributed by atoms with Crippen molar-refractivity contribution in [3.05, 3.63) is 48.0 Å². The van der Waals surface area contributed by atoms with Crippen molar-refractivity contribution in [3.8, 4) is 5.75 Å². The minimum absolute atomic E-state index is 0.0264. The number of hydrogen-bond acceptors (Lipinski definition) is 6. The van der Waals surface area contributed by atoms with E-state index >= 15 is 0 Å². The van der Waals surface area contributed by atoms with E-state index in [4.69, 9.17) is 0 Å². The summed E-state index contributed by atoms with van der Waals surface area (Å²) in [6, 6.07) is 3.23. The fourth-order valence-corrected chi connectivity index (χ4v) is 5.26. The fraction of sp³-hybridized carbons (Fsp3) is 0.417. The number of benzene rings is 2. The van der Waals surface area contributed by atoms with Crippen LogP contribution in [0.15, 0.2) is 41.3 Å². The molecule has 0 saturated heterocycles. The summed E-state index contributed by atoms with van der Waals surface area (Å²) >= 11 is 0. The summed E-state index contributed by atoms with van der Waals surface area (Å²) < 4.78 is 99.1.